The number of Topliss-reactive ketones (excluding diaryl/α,β-unsaturated/α-hetero) is 1. The molecule has 1 N–H and O–H groups in total. The Morgan fingerprint density at radius 3 is 2.94 bits per heavy atom. The van der Waals surface area contributed by atoms with E-state index in [0.717, 1.165) is 18.7 Å². The maximum atomic E-state index is 12.0. The van der Waals surface area contributed by atoms with Crippen LogP contribution in [-0.4, -0.2) is 23.9 Å². The largest absolute Gasteiger partial charge is 0.316 e. The second-order valence-electron chi connectivity index (χ2n) is 5.36. The highest BCUT2D eigenvalue weighted by atomic mass is 16.1. The van der Waals surface area contributed by atoms with Crippen molar-refractivity contribution in [2.75, 3.05) is 13.1 Å². The van der Waals surface area contributed by atoms with Crippen LogP contribution in [0, 0.1) is 11.8 Å². The summed E-state index contributed by atoms with van der Waals surface area (Å²) in [4.78, 5) is 16.0. The molecule has 0 radical (unpaired) electrons. The van der Waals surface area contributed by atoms with Gasteiger partial charge in [-0.2, -0.15) is 0 Å². The Kier molecular flexibility index (Phi) is 4.88. The highest BCUT2D eigenvalue weighted by Gasteiger charge is 2.21. The fourth-order valence-electron chi connectivity index (χ4n) is 2.69. The fraction of sp³-hybridized carbons (Fsp3) is 0.600. The number of hydrogen-bond acceptors (Lipinski definition) is 3. The van der Waals surface area contributed by atoms with Crippen LogP contribution in [0.2, 0.25) is 0 Å². The minimum atomic E-state index is 0.347. The summed E-state index contributed by atoms with van der Waals surface area (Å²) >= 11 is 0. The predicted molar refractivity (Wildman–Crippen MR) is 72.3 cm³/mol. The minimum Gasteiger partial charge on any atom is -0.316 e. The van der Waals surface area contributed by atoms with Gasteiger partial charge in [-0.05, 0) is 55.5 Å². The van der Waals surface area contributed by atoms with Crippen molar-refractivity contribution in [2.45, 2.75) is 32.6 Å². The Bertz CT molecular complexity index is 371. The first-order valence-corrected chi connectivity index (χ1v) is 6.87. The Morgan fingerprint density at radius 1 is 1.50 bits per heavy atom. The molecule has 2 unspecified atom stereocenters. The van der Waals surface area contributed by atoms with E-state index in [2.05, 4.69) is 17.2 Å². The van der Waals surface area contributed by atoms with E-state index >= 15 is 0 Å². The van der Waals surface area contributed by atoms with Crippen LogP contribution in [0.4, 0.5) is 0 Å². The van der Waals surface area contributed by atoms with E-state index in [1.807, 2.05) is 12.1 Å². The van der Waals surface area contributed by atoms with Gasteiger partial charge in [-0.15, -0.1) is 0 Å². The van der Waals surface area contributed by atoms with Gasteiger partial charge in [-0.3, -0.25) is 9.78 Å². The first-order chi connectivity index (χ1) is 8.75. The van der Waals surface area contributed by atoms with Gasteiger partial charge in [0.1, 0.15) is 5.78 Å². The molecule has 0 saturated carbocycles. The Balaban J connectivity index is 1.79. The van der Waals surface area contributed by atoms with Crippen LogP contribution >= 0.6 is 0 Å². The van der Waals surface area contributed by atoms with Crippen LogP contribution in [0.1, 0.15) is 31.7 Å². The highest BCUT2D eigenvalue weighted by molar-refractivity contribution is 5.81. The van der Waals surface area contributed by atoms with Crippen molar-refractivity contribution in [3.05, 3.63) is 30.1 Å². The summed E-state index contributed by atoms with van der Waals surface area (Å²) in [5, 5.41) is 3.42. The first-order valence-electron chi connectivity index (χ1n) is 6.87. The van der Waals surface area contributed by atoms with E-state index in [0.29, 0.717) is 30.5 Å². The minimum absolute atomic E-state index is 0.347. The summed E-state index contributed by atoms with van der Waals surface area (Å²) in [6.45, 7) is 4.42. The van der Waals surface area contributed by atoms with E-state index in [4.69, 9.17) is 0 Å². The molecule has 1 aromatic heterocycles. The number of aromatic nitrogens is 1. The summed E-state index contributed by atoms with van der Waals surface area (Å²) in [5.41, 5.74) is 1.07. The number of nitrogens with zero attached hydrogens (tertiary/aromatic N) is 1. The quantitative estimate of drug-likeness (QED) is 0.866. The van der Waals surface area contributed by atoms with Crippen LogP contribution < -0.4 is 5.32 Å². The lowest BCUT2D eigenvalue weighted by Crippen LogP contribution is -2.34. The molecular weight excluding hydrogens is 224 g/mol. The van der Waals surface area contributed by atoms with Crippen molar-refractivity contribution in [1.82, 2.24) is 10.3 Å². The normalized spacial score (nSPS) is 21.5. The molecule has 0 aliphatic carbocycles. The standard InChI is InChI=1S/C15H22N2O/c1-12(14-3-2-6-17-11-14)9-15(18)10-13-4-7-16-8-5-13/h4-5,7-8,12,14,17H,2-3,6,9-11H2,1H3. The molecule has 3 nitrogen and oxygen atoms in total. The highest BCUT2D eigenvalue weighted by Crippen LogP contribution is 2.23. The molecule has 2 rings (SSSR count). The van der Waals surface area contributed by atoms with Gasteiger partial charge in [0.15, 0.2) is 0 Å². The van der Waals surface area contributed by atoms with Crippen molar-refractivity contribution in [3.63, 3.8) is 0 Å². The topological polar surface area (TPSA) is 42.0 Å². The van der Waals surface area contributed by atoms with E-state index in [1.54, 1.807) is 12.4 Å². The molecule has 3 heteroatoms. The number of piperidine rings is 1. The van der Waals surface area contributed by atoms with Crippen LogP contribution in [0.15, 0.2) is 24.5 Å². The molecule has 2 heterocycles. The zero-order chi connectivity index (χ0) is 12.8. The third-order valence-electron chi connectivity index (χ3n) is 3.84. The lowest BCUT2D eigenvalue weighted by atomic mass is 9.84. The lowest BCUT2D eigenvalue weighted by molar-refractivity contribution is -0.119. The number of carbonyl (C=O) groups is 1. The fourth-order valence-corrected chi connectivity index (χ4v) is 2.69. The molecule has 1 aliphatic rings. The van der Waals surface area contributed by atoms with Crippen LogP contribution in [0.5, 0.6) is 0 Å². The van der Waals surface area contributed by atoms with Crippen molar-refractivity contribution in [3.8, 4) is 0 Å². The predicted octanol–water partition coefficient (Wildman–Crippen LogP) is 2.22. The maximum Gasteiger partial charge on any atom is 0.137 e. The Morgan fingerprint density at radius 2 is 2.28 bits per heavy atom. The molecule has 1 fully saturated rings. The second-order valence-corrected chi connectivity index (χ2v) is 5.36. The maximum absolute atomic E-state index is 12.0. The van der Waals surface area contributed by atoms with E-state index in [9.17, 15) is 4.79 Å². The molecule has 98 valence electrons. The zero-order valence-corrected chi connectivity index (χ0v) is 11.1. The van der Waals surface area contributed by atoms with Gasteiger partial charge < -0.3 is 5.32 Å². The van der Waals surface area contributed by atoms with E-state index in [1.165, 1.54) is 12.8 Å². The molecule has 0 spiro atoms. The molecule has 2 atom stereocenters. The molecule has 0 bridgehead atoms. The number of nitrogens with one attached hydrogen (secondary N) is 1. The van der Waals surface area contributed by atoms with Gasteiger partial charge in [0, 0.05) is 25.2 Å². The summed E-state index contributed by atoms with van der Waals surface area (Å²) < 4.78 is 0. The molecule has 1 aliphatic heterocycles. The number of carbonyl (C=O) groups excluding carboxylic acids is 1. The van der Waals surface area contributed by atoms with Gasteiger partial charge in [0.05, 0.1) is 0 Å². The van der Waals surface area contributed by atoms with Crippen molar-refractivity contribution >= 4 is 5.78 Å². The molecule has 1 aromatic rings. The summed E-state index contributed by atoms with van der Waals surface area (Å²) in [5.74, 6) is 1.51. The number of pyridine rings is 1. The van der Waals surface area contributed by atoms with Gasteiger partial charge in [-0.1, -0.05) is 6.92 Å². The summed E-state index contributed by atoms with van der Waals surface area (Å²) in [7, 11) is 0. The zero-order valence-electron chi connectivity index (χ0n) is 11.1. The second kappa shape index (κ2) is 6.64. The van der Waals surface area contributed by atoms with Gasteiger partial charge >= 0.3 is 0 Å². The van der Waals surface area contributed by atoms with Crippen LogP contribution in [0.25, 0.3) is 0 Å². The van der Waals surface area contributed by atoms with Gasteiger partial charge in [-0.25, -0.2) is 0 Å². The number of rotatable bonds is 5. The van der Waals surface area contributed by atoms with Crippen molar-refractivity contribution in [1.29, 1.82) is 0 Å². The smallest absolute Gasteiger partial charge is 0.137 e. The third kappa shape index (κ3) is 3.91. The Labute approximate surface area is 109 Å². The average molecular weight is 246 g/mol. The molecule has 0 amide bonds. The SMILES string of the molecule is CC(CC(=O)Cc1ccncc1)C1CCCNC1. The molecular formula is C15H22N2O. The van der Waals surface area contributed by atoms with Crippen LogP contribution in [-0.2, 0) is 11.2 Å². The summed E-state index contributed by atoms with van der Waals surface area (Å²) in [6, 6.07) is 3.84. The Hall–Kier alpha value is -1.22. The number of ketones is 1. The van der Waals surface area contributed by atoms with Crippen LogP contribution in [0.3, 0.4) is 0 Å². The van der Waals surface area contributed by atoms with Gasteiger partial charge in [0.2, 0.25) is 0 Å². The summed E-state index contributed by atoms with van der Waals surface area (Å²) in [6.07, 6.45) is 7.25. The lowest BCUT2D eigenvalue weighted by Gasteiger charge is -2.28. The first kappa shape index (κ1) is 13.2. The molecule has 18 heavy (non-hydrogen) atoms. The van der Waals surface area contributed by atoms with E-state index < -0.39 is 0 Å². The van der Waals surface area contributed by atoms with Crippen molar-refractivity contribution < 1.29 is 4.79 Å². The average Bonchev–Trinajstić information content (AvgIpc) is 2.40. The number of hydrogen-bond donors (Lipinski definition) is 1. The monoisotopic (exact) mass is 246 g/mol. The third-order valence-corrected chi connectivity index (χ3v) is 3.84. The van der Waals surface area contributed by atoms with E-state index in [-0.39, 0.29) is 0 Å². The van der Waals surface area contributed by atoms with Gasteiger partial charge in [0.25, 0.3) is 0 Å². The molecule has 1 saturated heterocycles. The molecule has 0 aromatic carbocycles. The van der Waals surface area contributed by atoms with Crippen molar-refractivity contribution in [2.24, 2.45) is 11.8 Å².